The normalized spacial score (nSPS) is 12.5. The van der Waals surface area contributed by atoms with Crippen molar-refractivity contribution in [1.29, 1.82) is 0 Å². The van der Waals surface area contributed by atoms with Crippen LogP contribution in [0.1, 0.15) is 13.8 Å². The van der Waals surface area contributed by atoms with Crippen molar-refractivity contribution >= 4 is 24.6 Å². The molecule has 0 aliphatic carbocycles. The lowest BCUT2D eigenvalue weighted by Gasteiger charge is -1.97. The number of nitrogens with two attached hydrogens (primary N) is 1. The monoisotopic (exact) mass is 187 g/mol. The summed E-state index contributed by atoms with van der Waals surface area (Å²) in [4.78, 5) is 14.7. The number of nitrogens with zero attached hydrogens (tertiary/aromatic N) is 1. The number of hydrogen-bond acceptors (Lipinski definition) is 4. The maximum absolute atomic E-state index is 9.91. The van der Waals surface area contributed by atoms with Gasteiger partial charge in [0.15, 0.2) is 0 Å². The van der Waals surface area contributed by atoms with Crippen LogP contribution in [0.5, 0.6) is 0 Å². The van der Waals surface area contributed by atoms with E-state index in [2.05, 4.69) is 10.3 Å². The first-order valence-corrected chi connectivity index (χ1v) is 4.38. The Kier molecular flexibility index (Phi) is 6.41. The Morgan fingerprint density at radius 3 is 2.75 bits per heavy atom. The second-order valence-electron chi connectivity index (χ2n) is 2.32. The highest BCUT2D eigenvalue weighted by molar-refractivity contribution is 8.01. The molecular weight excluding hydrogens is 174 g/mol. The number of rotatable bonds is 5. The van der Waals surface area contributed by atoms with Crippen molar-refractivity contribution in [3.63, 3.8) is 0 Å². The van der Waals surface area contributed by atoms with E-state index in [9.17, 15) is 4.79 Å². The van der Waals surface area contributed by atoms with E-state index in [1.54, 1.807) is 6.21 Å². The van der Waals surface area contributed by atoms with E-state index in [0.717, 1.165) is 16.9 Å². The predicted octanol–water partition coefficient (Wildman–Crippen LogP) is 0.660. The summed E-state index contributed by atoms with van der Waals surface area (Å²) < 4.78 is 0. The van der Waals surface area contributed by atoms with Crippen LogP contribution in [0, 0.1) is 0 Å². The zero-order chi connectivity index (χ0) is 9.40. The molecule has 0 aliphatic rings. The standard InChI is InChI=1S/C7H13N3OS/c1-6(2)10-4-7(12-8)3-9-5-11/h3-6H,8H2,1-2H3,(H,9,11)/b7-3+,10-4?. The summed E-state index contributed by atoms with van der Waals surface area (Å²) in [6.07, 6.45) is 3.72. The number of carbonyl (C=O) groups excluding carboxylic acids is 1. The van der Waals surface area contributed by atoms with Crippen molar-refractivity contribution in [3.05, 3.63) is 11.1 Å². The summed E-state index contributed by atoms with van der Waals surface area (Å²) in [6.45, 7) is 3.92. The van der Waals surface area contributed by atoms with Crippen molar-refractivity contribution in [2.75, 3.05) is 0 Å². The first-order valence-electron chi connectivity index (χ1n) is 3.50. The molecule has 0 saturated carbocycles. The molecule has 0 aliphatic heterocycles. The summed E-state index contributed by atoms with van der Waals surface area (Å²) in [6, 6.07) is 0.233. The van der Waals surface area contributed by atoms with Crippen molar-refractivity contribution in [3.8, 4) is 0 Å². The van der Waals surface area contributed by atoms with Crippen LogP contribution < -0.4 is 10.5 Å². The van der Waals surface area contributed by atoms with Crippen LogP contribution in [0.25, 0.3) is 0 Å². The SMILES string of the molecule is CC(C)N=C/C(=C\NC=O)SN. The Labute approximate surface area is 76.4 Å². The van der Waals surface area contributed by atoms with Crippen molar-refractivity contribution in [2.45, 2.75) is 19.9 Å². The van der Waals surface area contributed by atoms with Crippen molar-refractivity contribution < 1.29 is 4.79 Å². The van der Waals surface area contributed by atoms with E-state index in [1.165, 1.54) is 6.20 Å². The largest absolute Gasteiger partial charge is 0.334 e. The third-order valence-corrected chi connectivity index (χ3v) is 1.43. The first kappa shape index (κ1) is 11.2. The Morgan fingerprint density at radius 1 is 1.67 bits per heavy atom. The van der Waals surface area contributed by atoms with Gasteiger partial charge in [-0.25, -0.2) is 0 Å². The summed E-state index contributed by atoms with van der Waals surface area (Å²) in [5.41, 5.74) is 0. The minimum atomic E-state index is 0.233. The van der Waals surface area contributed by atoms with Gasteiger partial charge in [-0.05, 0) is 25.8 Å². The van der Waals surface area contributed by atoms with Gasteiger partial charge in [0.1, 0.15) is 0 Å². The average Bonchev–Trinajstić information content (AvgIpc) is 2.05. The fourth-order valence-corrected chi connectivity index (χ4v) is 0.698. The van der Waals surface area contributed by atoms with Gasteiger partial charge in [-0.1, -0.05) is 0 Å². The molecule has 0 spiro atoms. The highest BCUT2D eigenvalue weighted by Crippen LogP contribution is 2.03. The van der Waals surface area contributed by atoms with Gasteiger partial charge in [-0.3, -0.25) is 14.9 Å². The molecule has 12 heavy (non-hydrogen) atoms. The fourth-order valence-electron chi connectivity index (χ4n) is 0.440. The number of aliphatic imine (C=N–C) groups is 1. The molecule has 0 rings (SSSR count). The summed E-state index contributed by atoms with van der Waals surface area (Å²) in [7, 11) is 0. The minimum Gasteiger partial charge on any atom is -0.334 e. The number of allylic oxidation sites excluding steroid dienone is 1. The Hall–Kier alpha value is -0.810. The average molecular weight is 187 g/mol. The molecule has 4 nitrogen and oxygen atoms in total. The highest BCUT2D eigenvalue weighted by Gasteiger charge is 1.90. The van der Waals surface area contributed by atoms with E-state index in [4.69, 9.17) is 5.14 Å². The van der Waals surface area contributed by atoms with Crippen LogP contribution in [-0.2, 0) is 4.79 Å². The Morgan fingerprint density at radius 2 is 2.33 bits per heavy atom. The van der Waals surface area contributed by atoms with Crippen LogP contribution in [0.15, 0.2) is 16.1 Å². The third-order valence-electron chi connectivity index (χ3n) is 0.930. The molecule has 0 aromatic heterocycles. The maximum atomic E-state index is 9.91. The lowest BCUT2D eigenvalue weighted by atomic mass is 10.4. The lowest BCUT2D eigenvalue weighted by molar-refractivity contribution is -0.108. The number of carbonyl (C=O) groups is 1. The topological polar surface area (TPSA) is 67.5 Å². The van der Waals surface area contributed by atoms with Crippen LogP contribution >= 0.6 is 11.9 Å². The van der Waals surface area contributed by atoms with Gasteiger partial charge in [0, 0.05) is 18.5 Å². The van der Waals surface area contributed by atoms with E-state index in [-0.39, 0.29) is 6.04 Å². The summed E-state index contributed by atoms with van der Waals surface area (Å²) >= 11 is 1.04. The Bertz CT molecular complexity index is 189. The zero-order valence-corrected chi connectivity index (χ0v) is 7.97. The molecule has 0 aromatic carbocycles. The van der Waals surface area contributed by atoms with E-state index in [1.807, 2.05) is 13.8 Å². The summed E-state index contributed by atoms with van der Waals surface area (Å²) in [5.74, 6) is 0. The fraction of sp³-hybridized carbons (Fsp3) is 0.429. The number of amides is 1. The highest BCUT2D eigenvalue weighted by atomic mass is 32.2. The lowest BCUT2D eigenvalue weighted by Crippen LogP contribution is -2.02. The smallest absolute Gasteiger partial charge is 0.211 e. The second kappa shape index (κ2) is 6.87. The molecule has 0 saturated heterocycles. The third kappa shape index (κ3) is 5.94. The van der Waals surface area contributed by atoms with E-state index >= 15 is 0 Å². The molecule has 0 aromatic rings. The minimum absolute atomic E-state index is 0.233. The van der Waals surface area contributed by atoms with Crippen molar-refractivity contribution in [2.24, 2.45) is 10.1 Å². The molecule has 1 amide bonds. The molecule has 3 N–H and O–H groups in total. The van der Waals surface area contributed by atoms with Gasteiger partial charge < -0.3 is 5.32 Å². The number of hydrogen-bond donors (Lipinski definition) is 2. The summed E-state index contributed by atoms with van der Waals surface area (Å²) in [5, 5.41) is 7.69. The first-order chi connectivity index (χ1) is 5.70. The maximum Gasteiger partial charge on any atom is 0.211 e. The van der Waals surface area contributed by atoms with Gasteiger partial charge in [0.05, 0.1) is 4.91 Å². The quantitative estimate of drug-likeness (QED) is 0.377. The Balaban J connectivity index is 4.06. The van der Waals surface area contributed by atoms with Crippen LogP contribution in [-0.4, -0.2) is 18.7 Å². The molecule has 0 heterocycles. The molecule has 0 radical (unpaired) electrons. The predicted molar refractivity (Wildman–Crippen MR) is 52.7 cm³/mol. The zero-order valence-electron chi connectivity index (χ0n) is 7.15. The van der Waals surface area contributed by atoms with Gasteiger partial charge in [0.2, 0.25) is 6.41 Å². The van der Waals surface area contributed by atoms with Crippen LogP contribution in [0.3, 0.4) is 0 Å². The van der Waals surface area contributed by atoms with Gasteiger partial charge in [-0.2, -0.15) is 0 Å². The molecule has 0 fully saturated rings. The van der Waals surface area contributed by atoms with E-state index < -0.39 is 0 Å². The van der Waals surface area contributed by atoms with Crippen LogP contribution in [0.2, 0.25) is 0 Å². The van der Waals surface area contributed by atoms with Gasteiger partial charge in [0.25, 0.3) is 0 Å². The second-order valence-corrected chi connectivity index (χ2v) is 3.03. The molecule has 0 unspecified atom stereocenters. The van der Waals surface area contributed by atoms with Gasteiger partial charge >= 0.3 is 0 Å². The molecule has 5 heteroatoms. The number of nitrogens with one attached hydrogen (secondary N) is 1. The van der Waals surface area contributed by atoms with Crippen LogP contribution in [0.4, 0.5) is 0 Å². The van der Waals surface area contributed by atoms with Crippen molar-refractivity contribution in [1.82, 2.24) is 5.32 Å². The molecular formula is C7H13N3OS. The molecule has 0 atom stereocenters. The molecule has 0 bridgehead atoms. The van der Waals surface area contributed by atoms with E-state index in [0.29, 0.717) is 6.41 Å². The molecule has 68 valence electrons. The van der Waals surface area contributed by atoms with Gasteiger partial charge in [-0.15, -0.1) is 0 Å².